The van der Waals surface area contributed by atoms with Gasteiger partial charge in [0.25, 0.3) is 0 Å². The van der Waals surface area contributed by atoms with Crippen molar-refractivity contribution in [2.75, 3.05) is 0 Å². The third-order valence-corrected chi connectivity index (χ3v) is 7.06. The van der Waals surface area contributed by atoms with Crippen LogP contribution in [0.3, 0.4) is 0 Å². The zero-order valence-electron chi connectivity index (χ0n) is 21.5. The molecule has 0 saturated carbocycles. The standard InChI is InChI=1S/C33H37/c1-20(2)26-14-12-22(5)32-28(16-24(7)30(32)18-26)10-9-11-29-17-25(8)31-19-27(21(3)4)15-13-23(6)33(29)31/h9-21H,1-8H3/q+1. The largest absolute Gasteiger partial charge is 0.104 e. The normalized spacial score (nSPS) is 12.1. The van der Waals surface area contributed by atoms with Gasteiger partial charge in [0.15, 0.2) is 0 Å². The van der Waals surface area contributed by atoms with E-state index in [0.29, 0.717) is 11.8 Å². The second kappa shape index (κ2) is 9.10. The smallest absolute Gasteiger partial charge is 0.0587 e. The molecule has 0 unspecified atom stereocenters. The second-order valence-electron chi connectivity index (χ2n) is 10.3. The van der Waals surface area contributed by atoms with Gasteiger partial charge >= 0.3 is 0 Å². The molecule has 4 rings (SSSR count). The molecule has 0 atom stereocenters. The molecule has 4 aliphatic carbocycles. The average molecular weight is 434 g/mol. The van der Waals surface area contributed by atoms with Gasteiger partial charge in [-0.15, -0.1) is 0 Å². The Hall–Kier alpha value is -2.99. The zero-order chi connectivity index (χ0) is 23.9. The first-order valence-electron chi connectivity index (χ1n) is 12.3. The molecule has 0 aromatic rings. The van der Waals surface area contributed by atoms with Gasteiger partial charge in [0.2, 0.25) is 0 Å². The van der Waals surface area contributed by atoms with E-state index >= 15 is 0 Å². The first-order valence-corrected chi connectivity index (χ1v) is 12.3. The summed E-state index contributed by atoms with van der Waals surface area (Å²) in [5, 5.41) is 0. The fourth-order valence-corrected chi connectivity index (χ4v) is 5.00. The van der Waals surface area contributed by atoms with Crippen molar-refractivity contribution >= 4 is 6.08 Å². The Balaban J connectivity index is 1.69. The maximum Gasteiger partial charge on any atom is 0.104 e. The third kappa shape index (κ3) is 4.44. The summed E-state index contributed by atoms with van der Waals surface area (Å²) >= 11 is 0. The van der Waals surface area contributed by atoms with E-state index in [1.165, 1.54) is 66.8 Å². The Morgan fingerprint density at radius 2 is 1.12 bits per heavy atom. The summed E-state index contributed by atoms with van der Waals surface area (Å²) in [5.74, 6) is 1.05. The van der Waals surface area contributed by atoms with Gasteiger partial charge in [0.05, 0.1) is 5.56 Å². The lowest BCUT2D eigenvalue weighted by Crippen LogP contribution is -1.84. The summed E-state index contributed by atoms with van der Waals surface area (Å²) in [6.07, 6.45) is 6.79. The van der Waals surface area contributed by atoms with Crippen molar-refractivity contribution in [3.05, 3.63) is 106 Å². The first-order chi connectivity index (χ1) is 15.7. The zero-order valence-corrected chi connectivity index (χ0v) is 21.5. The maximum absolute atomic E-state index is 2.38. The number of rotatable bonds is 5. The fraction of sp³-hybridized carbons (Fsp3) is 0.303. The van der Waals surface area contributed by atoms with Crippen molar-refractivity contribution in [3.8, 4) is 22.3 Å². The van der Waals surface area contributed by atoms with Crippen LogP contribution >= 0.6 is 0 Å². The van der Waals surface area contributed by atoms with Gasteiger partial charge in [0, 0.05) is 46.9 Å². The van der Waals surface area contributed by atoms with E-state index in [4.69, 9.17) is 0 Å². The number of hydrogen-bond donors (Lipinski definition) is 0. The van der Waals surface area contributed by atoms with Crippen LogP contribution in [0.25, 0.3) is 28.3 Å². The number of allylic oxidation sites excluding steroid dienone is 1. The predicted molar refractivity (Wildman–Crippen MR) is 146 cm³/mol. The minimum Gasteiger partial charge on any atom is -0.0587 e. The molecule has 0 heterocycles. The molecule has 0 saturated heterocycles. The Morgan fingerprint density at radius 3 is 1.70 bits per heavy atom. The number of fused-ring (bicyclic) bond motifs is 2. The van der Waals surface area contributed by atoms with Gasteiger partial charge in [-0.1, -0.05) is 52.0 Å². The lowest BCUT2D eigenvalue weighted by molar-refractivity contribution is 0.868. The molecule has 4 aliphatic rings. The summed E-state index contributed by atoms with van der Waals surface area (Å²) in [5.41, 5.74) is 16.3. The maximum atomic E-state index is 2.38. The average Bonchev–Trinajstić information content (AvgIpc) is 3.05. The lowest BCUT2D eigenvalue weighted by atomic mass is 9.99. The van der Waals surface area contributed by atoms with Crippen LogP contribution in [-0.2, 0) is 0 Å². The van der Waals surface area contributed by atoms with E-state index in [2.05, 4.69) is 122 Å². The van der Waals surface area contributed by atoms with E-state index in [0.717, 1.165) is 0 Å². The molecule has 0 aliphatic heterocycles. The summed E-state index contributed by atoms with van der Waals surface area (Å²) in [4.78, 5) is 0. The van der Waals surface area contributed by atoms with E-state index in [1.54, 1.807) is 0 Å². The van der Waals surface area contributed by atoms with E-state index < -0.39 is 0 Å². The predicted octanol–water partition coefficient (Wildman–Crippen LogP) is 9.64. The molecule has 0 amide bonds. The highest BCUT2D eigenvalue weighted by Gasteiger charge is 2.22. The molecule has 0 fully saturated rings. The highest BCUT2D eigenvalue weighted by Crippen LogP contribution is 2.39. The summed E-state index contributed by atoms with van der Waals surface area (Å²) in [7, 11) is 0. The van der Waals surface area contributed by atoms with Gasteiger partial charge in [-0.05, 0) is 91.1 Å². The van der Waals surface area contributed by atoms with Crippen LogP contribution in [0.4, 0.5) is 0 Å². The molecule has 0 N–H and O–H groups in total. The van der Waals surface area contributed by atoms with Gasteiger partial charge in [-0.2, -0.15) is 0 Å². The molecule has 0 aromatic carbocycles. The van der Waals surface area contributed by atoms with Gasteiger partial charge in [-0.25, -0.2) is 0 Å². The summed E-state index contributed by atoms with van der Waals surface area (Å²) < 4.78 is 0. The highest BCUT2D eigenvalue weighted by atomic mass is 14.2. The molecule has 0 bridgehead atoms. The SMILES string of the molecule is Cc1cc(C=C[CH+]c2cc(C)c3cc(C(C)C)ccc(C)c2-3)c2c(C)ccc(C(C)C)cc1-2. The van der Waals surface area contributed by atoms with E-state index in [1.807, 2.05) is 0 Å². The first kappa shape index (κ1) is 23.2. The molecule has 0 spiro atoms. The van der Waals surface area contributed by atoms with Crippen molar-refractivity contribution in [1.29, 1.82) is 0 Å². The minimum atomic E-state index is 0.524. The Kier molecular flexibility index (Phi) is 6.39. The third-order valence-electron chi connectivity index (χ3n) is 7.06. The topological polar surface area (TPSA) is 0 Å². The van der Waals surface area contributed by atoms with E-state index in [9.17, 15) is 0 Å². The van der Waals surface area contributed by atoms with Crippen LogP contribution in [0.5, 0.6) is 0 Å². The highest BCUT2D eigenvalue weighted by molar-refractivity contribution is 5.85. The van der Waals surface area contributed by atoms with Gasteiger partial charge in [0.1, 0.15) is 5.56 Å². The molecular formula is C33H37+. The summed E-state index contributed by atoms with van der Waals surface area (Å²) in [6.45, 7) is 18.0. The number of hydrogen-bond acceptors (Lipinski definition) is 0. The molecule has 168 valence electrons. The van der Waals surface area contributed by atoms with Crippen molar-refractivity contribution in [2.45, 2.75) is 67.2 Å². The van der Waals surface area contributed by atoms with E-state index in [-0.39, 0.29) is 0 Å². The van der Waals surface area contributed by atoms with Crippen LogP contribution in [0.2, 0.25) is 0 Å². The number of aryl methyl sites for hydroxylation is 4. The van der Waals surface area contributed by atoms with Crippen molar-refractivity contribution in [3.63, 3.8) is 0 Å². The second-order valence-corrected chi connectivity index (χ2v) is 10.3. The molecule has 0 aromatic heterocycles. The van der Waals surface area contributed by atoms with Crippen molar-refractivity contribution in [1.82, 2.24) is 0 Å². The van der Waals surface area contributed by atoms with Crippen LogP contribution in [-0.4, -0.2) is 0 Å². The quantitative estimate of drug-likeness (QED) is 0.275. The minimum absolute atomic E-state index is 0.524. The Morgan fingerprint density at radius 1 is 0.606 bits per heavy atom. The molecule has 0 nitrogen and oxygen atoms in total. The molecule has 33 heavy (non-hydrogen) atoms. The van der Waals surface area contributed by atoms with Gasteiger partial charge in [-0.3, -0.25) is 0 Å². The monoisotopic (exact) mass is 433 g/mol. The molecule has 0 heteroatoms. The summed E-state index contributed by atoms with van der Waals surface area (Å²) in [6, 6.07) is 18.6. The van der Waals surface area contributed by atoms with Crippen molar-refractivity contribution < 1.29 is 0 Å². The Bertz CT molecular complexity index is 1270. The van der Waals surface area contributed by atoms with Crippen LogP contribution in [0.1, 0.15) is 84.0 Å². The fourth-order valence-electron chi connectivity index (χ4n) is 5.00. The Labute approximate surface area is 201 Å². The molecule has 0 radical (unpaired) electrons. The van der Waals surface area contributed by atoms with Gasteiger partial charge < -0.3 is 0 Å². The van der Waals surface area contributed by atoms with Crippen LogP contribution < -0.4 is 0 Å². The molecular weight excluding hydrogens is 396 g/mol. The van der Waals surface area contributed by atoms with Crippen LogP contribution in [0.15, 0.2) is 54.6 Å². The lowest BCUT2D eigenvalue weighted by Gasteiger charge is -2.03. The van der Waals surface area contributed by atoms with Crippen LogP contribution in [0, 0.1) is 34.1 Å². The van der Waals surface area contributed by atoms with Crippen molar-refractivity contribution in [2.24, 2.45) is 0 Å².